The second kappa shape index (κ2) is 8.22. The molecule has 0 bridgehead atoms. The molecule has 7 nitrogen and oxygen atoms in total. The van der Waals surface area contributed by atoms with Gasteiger partial charge in [0.2, 0.25) is 15.9 Å². The molecule has 8 heteroatoms. The van der Waals surface area contributed by atoms with E-state index in [1.165, 1.54) is 6.39 Å². The lowest BCUT2D eigenvalue weighted by atomic mass is 9.86. The molecule has 1 aromatic heterocycles. The number of rotatable bonds is 6. The Bertz CT molecular complexity index is 853. The molecule has 1 aromatic carbocycles. The third-order valence-corrected chi connectivity index (χ3v) is 6.82. The summed E-state index contributed by atoms with van der Waals surface area (Å²) in [5.74, 6) is 0.557. The highest BCUT2D eigenvalue weighted by molar-refractivity contribution is 7.90. The maximum absolute atomic E-state index is 12.5. The summed E-state index contributed by atoms with van der Waals surface area (Å²) >= 11 is 0. The van der Waals surface area contributed by atoms with E-state index in [4.69, 9.17) is 4.42 Å². The number of hydrogen-bond acceptors (Lipinski definition) is 5. The standard InChI is InChI=1S/C19H25N3O4S/c1-13(2)27(24,25)22-17-9-5-15(6-10-17)19(23)21-16-7-3-14(4-8-16)18-11-20-12-26-18/h3-4,7-8,11-13,15,17,22H,5-6,9-10H2,1-2H3,(H,21,23). The topological polar surface area (TPSA) is 101 Å². The number of oxazole rings is 1. The van der Waals surface area contributed by atoms with E-state index in [2.05, 4.69) is 15.0 Å². The van der Waals surface area contributed by atoms with Gasteiger partial charge >= 0.3 is 0 Å². The molecule has 146 valence electrons. The summed E-state index contributed by atoms with van der Waals surface area (Å²) in [7, 11) is -3.27. The lowest BCUT2D eigenvalue weighted by molar-refractivity contribution is -0.120. The first kappa shape index (κ1) is 19.6. The Labute approximate surface area is 159 Å². The first-order valence-electron chi connectivity index (χ1n) is 9.16. The van der Waals surface area contributed by atoms with Crippen molar-refractivity contribution in [3.63, 3.8) is 0 Å². The summed E-state index contributed by atoms with van der Waals surface area (Å²) in [6, 6.07) is 7.32. The number of anilines is 1. The Balaban J connectivity index is 1.51. The molecule has 0 atom stereocenters. The molecule has 3 rings (SSSR count). The Hall–Kier alpha value is -2.19. The van der Waals surface area contributed by atoms with Gasteiger partial charge in [-0.2, -0.15) is 0 Å². The number of hydrogen-bond donors (Lipinski definition) is 2. The van der Waals surface area contributed by atoms with Gasteiger partial charge in [0, 0.05) is 23.2 Å². The minimum atomic E-state index is -3.27. The molecule has 0 saturated heterocycles. The summed E-state index contributed by atoms with van der Waals surface area (Å²) in [6.45, 7) is 3.32. The maximum Gasteiger partial charge on any atom is 0.227 e. The molecule has 1 heterocycles. The van der Waals surface area contributed by atoms with Crippen molar-refractivity contribution in [3.05, 3.63) is 36.9 Å². The Kier molecular flexibility index (Phi) is 5.96. The van der Waals surface area contributed by atoms with Crippen LogP contribution in [0.25, 0.3) is 11.3 Å². The van der Waals surface area contributed by atoms with Gasteiger partial charge in [0.15, 0.2) is 12.2 Å². The first-order valence-corrected chi connectivity index (χ1v) is 10.7. The van der Waals surface area contributed by atoms with Crippen LogP contribution in [-0.2, 0) is 14.8 Å². The fourth-order valence-electron chi connectivity index (χ4n) is 3.16. The normalized spacial score (nSPS) is 20.6. The molecule has 0 radical (unpaired) electrons. The van der Waals surface area contributed by atoms with Crippen molar-refractivity contribution in [2.24, 2.45) is 5.92 Å². The van der Waals surface area contributed by atoms with Crippen molar-refractivity contribution >= 4 is 21.6 Å². The van der Waals surface area contributed by atoms with Crippen molar-refractivity contribution in [1.82, 2.24) is 9.71 Å². The highest BCUT2D eigenvalue weighted by Gasteiger charge is 2.29. The second-order valence-corrected chi connectivity index (χ2v) is 9.46. The summed E-state index contributed by atoms with van der Waals surface area (Å²) in [5.41, 5.74) is 1.62. The second-order valence-electron chi connectivity index (χ2n) is 7.19. The molecule has 1 saturated carbocycles. The van der Waals surface area contributed by atoms with Gasteiger partial charge in [-0.1, -0.05) is 0 Å². The first-order chi connectivity index (χ1) is 12.8. The van der Waals surface area contributed by atoms with Crippen molar-refractivity contribution in [1.29, 1.82) is 0 Å². The minimum absolute atomic E-state index is 0.0208. The molecule has 0 unspecified atom stereocenters. The quantitative estimate of drug-likeness (QED) is 0.788. The molecule has 0 aliphatic heterocycles. The summed E-state index contributed by atoms with van der Waals surface area (Å²) < 4.78 is 31.9. The number of nitrogens with one attached hydrogen (secondary N) is 2. The van der Waals surface area contributed by atoms with Gasteiger partial charge in [-0.05, 0) is 63.8 Å². The molecule has 1 aliphatic carbocycles. The van der Waals surface area contributed by atoms with Crippen LogP contribution in [0.5, 0.6) is 0 Å². The molecular formula is C19H25N3O4S. The van der Waals surface area contributed by atoms with Crippen LogP contribution < -0.4 is 10.0 Å². The number of nitrogens with zero attached hydrogens (tertiary/aromatic N) is 1. The van der Waals surface area contributed by atoms with Crippen LogP contribution in [0.15, 0.2) is 41.3 Å². The van der Waals surface area contributed by atoms with Gasteiger partial charge in [-0.3, -0.25) is 4.79 Å². The van der Waals surface area contributed by atoms with Gasteiger partial charge in [-0.15, -0.1) is 0 Å². The fraction of sp³-hybridized carbons (Fsp3) is 0.474. The van der Waals surface area contributed by atoms with Crippen LogP contribution >= 0.6 is 0 Å². The predicted octanol–water partition coefficient (Wildman–Crippen LogP) is 3.17. The van der Waals surface area contributed by atoms with E-state index in [9.17, 15) is 13.2 Å². The molecular weight excluding hydrogens is 366 g/mol. The zero-order chi connectivity index (χ0) is 19.4. The number of benzene rings is 1. The summed E-state index contributed by atoms with van der Waals surface area (Å²) in [5, 5.41) is 2.50. The largest absolute Gasteiger partial charge is 0.444 e. The van der Waals surface area contributed by atoms with Gasteiger partial charge in [0.25, 0.3) is 0 Å². The van der Waals surface area contributed by atoms with Crippen LogP contribution in [0, 0.1) is 5.92 Å². The Morgan fingerprint density at radius 3 is 2.37 bits per heavy atom. The van der Waals surface area contributed by atoms with Crippen molar-refractivity contribution in [2.45, 2.75) is 50.8 Å². The van der Waals surface area contributed by atoms with Gasteiger partial charge < -0.3 is 9.73 Å². The maximum atomic E-state index is 12.5. The molecule has 1 fully saturated rings. The summed E-state index contributed by atoms with van der Waals surface area (Å²) in [6.07, 6.45) is 5.71. The van der Waals surface area contributed by atoms with Crippen molar-refractivity contribution < 1.29 is 17.6 Å². The van der Waals surface area contributed by atoms with E-state index >= 15 is 0 Å². The fourth-order valence-corrected chi connectivity index (χ4v) is 4.13. The molecule has 2 N–H and O–H groups in total. The molecule has 1 amide bonds. The highest BCUT2D eigenvalue weighted by Crippen LogP contribution is 2.27. The van der Waals surface area contributed by atoms with Crippen molar-refractivity contribution in [3.8, 4) is 11.3 Å². The monoisotopic (exact) mass is 391 g/mol. The zero-order valence-corrected chi connectivity index (χ0v) is 16.3. The Morgan fingerprint density at radius 1 is 1.15 bits per heavy atom. The number of sulfonamides is 1. The average molecular weight is 391 g/mol. The van der Waals surface area contributed by atoms with Gasteiger partial charge in [-0.25, -0.2) is 18.1 Å². The van der Waals surface area contributed by atoms with E-state index in [0.29, 0.717) is 31.4 Å². The molecule has 2 aromatic rings. The van der Waals surface area contributed by atoms with E-state index in [1.807, 2.05) is 24.3 Å². The number of carbonyl (C=O) groups excluding carboxylic acids is 1. The average Bonchev–Trinajstić information content (AvgIpc) is 3.17. The molecule has 1 aliphatic rings. The molecule has 27 heavy (non-hydrogen) atoms. The third kappa shape index (κ3) is 4.95. The van der Waals surface area contributed by atoms with E-state index < -0.39 is 15.3 Å². The van der Waals surface area contributed by atoms with Crippen LogP contribution in [0.4, 0.5) is 5.69 Å². The van der Waals surface area contributed by atoms with E-state index in [-0.39, 0.29) is 17.9 Å². The van der Waals surface area contributed by atoms with E-state index in [0.717, 1.165) is 11.3 Å². The van der Waals surface area contributed by atoms with Crippen LogP contribution in [-0.4, -0.2) is 30.6 Å². The van der Waals surface area contributed by atoms with Gasteiger partial charge in [0.05, 0.1) is 11.4 Å². The van der Waals surface area contributed by atoms with Crippen LogP contribution in [0.2, 0.25) is 0 Å². The highest BCUT2D eigenvalue weighted by atomic mass is 32.2. The lowest BCUT2D eigenvalue weighted by Gasteiger charge is -2.28. The number of carbonyl (C=O) groups is 1. The molecule has 0 spiro atoms. The van der Waals surface area contributed by atoms with Crippen LogP contribution in [0.3, 0.4) is 0 Å². The SMILES string of the molecule is CC(C)S(=O)(=O)NC1CCC(C(=O)Nc2ccc(-c3cnco3)cc2)CC1. The minimum Gasteiger partial charge on any atom is -0.444 e. The third-order valence-electron chi connectivity index (χ3n) is 4.92. The number of amides is 1. The summed E-state index contributed by atoms with van der Waals surface area (Å²) in [4.78, 5) is 16.4. The predicted molar refractivity (Wildman–Crippen MR) is 104 cm³/mol. The zero-order valence-electron chi connectivity index (χ0n) is 15.5. The van der Waals surface area contributed by atoms with Crippen molar-refractivity contribution in [2.75, 3.05) is 5.32 Å². The number of aromatic nitrogens is 1. The smallest absolute Gasteiger partial charge is 0.227 e. The van der Waals surface area contributed by atoms with E-state index in [1.54, 1.807) is 20.0 Å². The van der Waals surface area contributed by atoms with Gasteiger partial charge in [0.1, 0.15) is 0 Å². The Morgan fingerprint density at radius 2 is 1.81 bits per heavy atom. The van der Waals surface area contributed by atoms with Crippen LogP contribution in [0.1, 0.15) is 39.5 Å². The lowest BCUT2D eigenvalue weighted by Crippen LogP contribution is -2.42.